The number of H-pyrrole nitrogens is 1. The van der Waals surface area contributed by atoms with Crippen molar-refractivity contribution >= 4 is 5.91 Å². The molecule has 0 radical (unpaired) electrons. The number of aromatic amines is 1. The summed E-state index contributed by atoms with van der Waals surface area (Å²) in [7, 11) is 0. The summed E-state index contributed by atoms with van der Waals surface area (Å²) in [6.45, 7) is 5.80. The maximum atomic E-state index is 12.1. The predicted molar refractivity (Wildman–Crippen MR) is 67.3 cm³/mol. The van der Waals surface area contributed by atoms with Crippen LogP contribution in [0.1, 0.15) is 16.9 Å². The van der Waals surface area contributed by atoms with Crippen molar-refractivity contribution in [2.45, 2.75) is 12.5 Å². The highest BCUT2D eigenvalue weighted by Crippen LogP contribution is 2.13. The second-order valence-corrected chi connectivity index (χ2v) is 4.95. The van der Waals surface area contributed by atoms with Crippen molar-refractivity contribution in [3.8, 4) is 0 Å². The quantitative estimate of drug-likeness (QED) is 0.744. The van der Waals surface area contributed by atoms with E-state index in [9.17, 15) is 4.79 Å². The first-order valence-corrected chi connectivity index (χ1v) is 6.58. The lowest BCUT2D eigenvalue weighted by Gasteiger charge is -2.37. The van der Waals surface area contributed by atoms with Crippen molar-refractivity contribution in [1.29, 1.82) is 0 Å². The molecule has 2 N–H and O–H groups in total. The number of aromatic nitrogens is 2. The third kappa shape index (κ3) is 2.26. The minimum Gasteiger partial charge on any atom is -0.335 e. The molecular formula is C12H19N5O. The van der Waals surface area contributed by atoms with Gasteiger partial charge in [-0.05, 0) is 19.0 Å². The van der Waals surface area contributed by atoms with Crippen LogP contribution in [0.15, 0.2) is 12.3 Å². The van der Waals surface area contributed by atoms with E-state index in [-0.39, 0.29) is 5.91 Å². The Morgan fingerprint density at radius 3 is 2.78 bits per heavy atom. The SMILES string of the molecule is O=C(c1ccn[nH]1)N1CCN(C2CCNC2)CC1. The zero-order valence-corrected chi connectivity index (χ0v) is 10.4. The molecule has 2 fully saturated rings. The van der Waals surface area contributed by atoms with Gasteiger partial charge in [-0.2, -0.15) is 5.10 Å². The molecule has 98 valence electrons. The van der Waals surface area contributed by atoms with Crippen molar-refractivity contribution in [2.75, 3.05) is 39.3 Å². The number of hydrogen-bond donors (Lipinski definition) is 2. The summed E-state index contributed by atoms with van der Waals surface area (Å²) < 4.78 is 0. The standard InChI is InChI=1S/C12H19N5O/c18-12(11-2-4-14-15-11)17-7-5-16(6-8-17)10-1-3-13-9-10/h2,4,10,13H,1,3,5-9H2,(H,14,15). The Labute approximate surface area is 106 Å². The van der Waals surface area contributed by atoms with Crippen LogP contribution >= 0.6 is 0 Å². The molecule has 2 aliphatic rings. The molecule has 0 spiro atoms. The Balaban J connectivity index is 1.55. The van der Waals surface area contributed by atoms with Gasteiger partial charge in [0.15, 0.2) is 0 Å². The molecule has 3 rings (SSSR count). The van der Waals surface area contributed by atoms with Gasteiger partial charge in [0.05, 0.1) is 0 Å². The van der Waals surface area contributed by atoms with E-state index in [0.29, 0.717) is 11.7 Å². The molecule has 1 aromatic heterocycles. The van der Waals surface area contributed by atoms with E-state index in [1.165, 1.54) is 6.42 Å². The molecule has 1 atom stereocenters. The van der Waals surface area contributed by atoms with Crippen LogP contribution in [0.5, 0.6) is 0 Å². The Morgan fingerprint density at radius 1 is 1.33 bits per heavy atom. The third-order valence-electron chi connectivity index (χ3n) is 3.88. The summed E-state index contributed by atoms with van der Waals surface area (Å²) in [6, 6.07) is 2.39. The maximum Gasteiger partial charge on any atom is 0.271 e. The van der Waals surface area contributed by atoms with Crippen molar-refractivity contribution in [3.05, 3.63) is 18.0 Å². The molecule has 0 bridgehead atoms. The normalized spacial score (nSPS) is 25.6. The largest absolute Gasteiger partial charge is 0.335 e. The summed E-state index contributed by atoms with van der Waals surface area (Å²) in [4.78, 5) is 16.5. The van der Waals surface area contributed by atoms with E-state index in [0.717, 1.165) is 39.3 Å². The van der Waals surface area contributed by atoms with Gasteiger partial charge in [-0.15, -0.1) is 0 Å². The van der Waals surface area contributed by atoms with Crippen LogP contribution in [-0.2, 0) is 0 Å². The second-order valence-electron chi connectivity index (χ2n) is 4.95. The van der Waals surface area contributed by atoms with Crippen LogP contribution in [0.3, 0.4) is 0 Å². The van der Waals surface area contributed by atoms with Crippen LogP contribution in [0.2, 0.25) is 0 Å². The average molecular weight is 249 g/mol. The van der Waals surface area contributed by atoms with Crippen LogP contribution in [-0.4, -0.2) is 71.2 Å². The summed E-state index contributed by atoms with van der Waals surface area (Å²) in [5.41, 5.74) is 0.589. The van der Waals surface area contributed by atoms with Gasteiger partial charge in [-0.1, -0.05) is 0 Å². The number of nitrogens with zero attached hydrogens (tertiary/aromatic N) is 3. The molecule has 2 saturated heterocycles. The molecule has 1 aromatic rings. The van der Waals surface area contributed by atoms with Gasteiger partial charge in [-0.3, -0.25) is 14.8 Å². The molecule has 0 saturated carbocycles. The minimum absolute atomic E-state index is 0.0664. The first-order chi connectivity index (χ1) is 8.84. The fraction of sp³-hybridized carbons (Fsp3) is 0.667. The van der Waals surface area contributed by atoms with Gasteiger partial charge >= 0.3 is 0 Å². The number of nitrogens with one attached hydrogen (secondary N) is 2. The lowest BCUT2D eigenvalue weighted by atomic mass is 10.2. The van der Waals surface area contributed by atoms with E-state index in [1.54, 1.807) is 12.3 Å². The second kappa shape index (κ2) is 5.07. The monoisotopic (exact) mass is 249 g/mol. The first-order valence-electron chi connectivity index (χ1n) is 6.58. The topological polar surface area (TPSA) is 64.3 Å². The summed E-state index contributed by atoms with van der Waals surface area (Å²) >= 11 is 0. The molecular weight excluding hydrogens is 230 g/mol. The summed E-state index contributed by atoms with van der Waals surface area (Å²) in [5, 5.41) is 9.95. The van der Waals surface area contributed by atoms with Crippen LogP contribution < -0.4 is 5.32 Å². The molecule has 6 nitrogen and oxygen atoms in total. The van der Waals surface area contributed by atoms with E-state index in [1.807, 2.05) is 4.90 Å². The lowest BCUT2D eigenvalue weighted by molar-refractivity contribution is 0.0578. The van der Waals surface area contributed by atoms with Crippen molar-refractivity contribution in [1.82, 2.24) is 25.3 Å². The number of carbonyl (C=O) groups excluding carboxylic acids is 1. The van der Waals surface area contributed by atoms with E-state index < -0.39 is 0 Å². The van der Waals surface area contributed by atoms with Crippen LogP contribution in [0, 0.1) is 0 Å². The number of hydrogen-bond acceptors (Lipinski definition) is 4. The fourth-order valence-electron chi connectivity index (χ4n) is 2.79. The van der Waals surface area contributed by atoms with Crippen LogP contribution in [0.25, 0.3) is 0 Å². The average Bonchev–Trinajstić information content (AvgIpc) is 3.11. The Bertz CT molecular complexity index is 391. The van der Waals surface area contributed by atoms with Crippen LogP contribution in [0.4, 0.5) is 0 Å². The smallest absolute Gasteiger partial charge is 0.271 e. The van der Waals surface area contributed by atoms with E-state index >= 15 is 0 Å². The van der Waals surface area contributed by atoms with E-state index in [2.05, 4.69) is 20.4 Å². The molecule has 18 heavy (non-hydrogen) atoms. The van der Waals surface area contributed by atoms with Gasteiger partial charge in [0, 0.05) is 45.0 Å². The van der Waals surface area contributed by atoms with Gasteiger partial charge in [0.2, 0.25) is 0 Å². The van der Waals surface area contributed by atoms with Gasteiger partial charge < -0.3 is 10.2 Å². The summed E-state index contributed by atoms with van der Waals surface area (Å²) in [5.74, 6) is 0.0664. The molecule has 6 heteroatoms. The zero-order chi connectivity index (χ0) is 12.4. The molecule has 2 aliphatic heterocycles. The molecule has 3 heterocycles. The Kier molecular flexibility index (Phi) is 3.29. The van der Waals surface area contributed by atoms with Crippen molar-refractivity contribution < 1.29 is 4.79 Å². The Morgan fingerprint density at radius 2 is 2.17 bits per heavy atom. The number of rotatable bonds is 2. The molecule has 1 amide bonds. The van der Waals surface area contributed by atoms with E-state index in [4.69, 9.17) is 0 Å². The highest BCUT2D eigenvalue weighted by atomic mass is 16.2. The summed E-state index contributed by atoms with van der Waals surface area (Å²) in [6.07, 6.45) is 2.85. The predicted octanol–water partition coefficient (Wildman–Crippen LogP) is -0.471. The van der Waals surface area contributed by atoms with Crippen molar-refractivity contribution in [2.24, 2.45) is 0 Å². The maximum absolute atomic E-state index is 12.1. The fourth-order valence-corrected chi connectivity index (χ4v) is 2.79. The number of amides is 1. The highest BCUT2D eigenvalue weighted by Gasteiger charge is 2.28. The third-order valence-corrected chi connectivity index (χ3v) is 3.88. The van der Waals surface area contributed by atoms with Crippen molar-refractivity contribution in [3.63, 3.8) is 0 Å². The molecule has 1 unspecified atom stereocenters. The Hall–Kier alpha value is -1.40. The lowest BCUT2D eigenvalue weighted by Crippen LogP contribution is -2.52. The number of carbonyl (C=O) groups is 1. The minimum atomic E-state index is 0.0664. The van der Waals surface area contributed by atoms with Gasteiger partial charge in [-0.25, -0.2) is 0 Å². The molecule has 0 aromatic carbocycles. The van der Waals surface area contributed by atoms with Gasteiger partial charge in [0.25, 0.3) is 5.91 Å². The molecule has 0 aliphatic carbocycles. The number of piperazine rings is 1. The zero-order valence-electron chi connectivity index (χ0n) is 10.4. The highest BCUT2D eigenvalue weighted by molar-refractivity contribution is 5.92. The first kappa shape index (κ1) is 11.7. The van der Waals surface area contributed by atoms with Gasteiger partial charge in [0.1, 0.15) is 5.69 Å².